The smallest absolute Gasteiger partial charge is 0.256 e. The molecular weight excluding hydrogens is 488 g/mol. The maximum Gasteiger partial charge on any atom is 0.256 e. The minimum atomic E-state index is 0.0250. The molecule has 1 saturated heterocycles. The van der Waals surface area contributed by atoms with Crippen LogP contribution in [0.4, 0.5) is 17.3 Å². The highest BCUT2D eigenvalue weighted by Crippen LogP contribution is 2.35. The van der Waals surface area contributed by atoms with Crippen LogP contribution in [0, 0.1) is 0 Å². The van der Waals surface area contributed by atoms with Crippen LogP contribution in [0.25, 0.3) is 11.0 Å². The Morgan fingerprint density at radius 3 is 2.59 bits per heavy atom. The van der Waals surface area contributed by atoms with E-state index in [0.717, 1.165) is 66.8 Å². The summed E-state index contributed by atoms with van der Waals surface area (Å²) in [5.41, 5.74) is 4.54. The molecule has 3 aromatic heterocycles. The van der Waals surface area contributed by atoms with Crippen molar-refractivity contribution in [2.45, 2.75) is 76.9 Å². The van der Waals surface area contributed by atoms with Crippen LogP contribution in [0.2, 0.25) is 0 Å². The summed E-state index contributed by atoms with van der Waals surface area (Å²) in [6.07, 6.45) is 10.2. The minimum absolute atomic E-state index is 0.0250. The molecule has 0 amide bonds. The van der Waals surface area contributed by atoms with Gasteiger partial charge in [-0.25, -0.2) is 4.98 Å². The molecule has 0 bridgehead atoms. The van der Waals surface area contributed by atoms with Crippen LogP contribution in [-0.4, -0.2) is 43.4 Å². The zero-order valence-electron chi connectivity index (χ0n) is 22.9. The zero-order chi connectivity index (χ0) is 26.8. The Balaban J connectivity index is 1.31. The lowest BCUT2D eigenvalue weighted by atomic mass is 9.94. The number of aromatic nitrogens is 5. The van der Waals surface area contributed by atoms with Crippen molar-refractivity contribution in [1.82, 2.24) is 29.6 Å². The van der Waals surface area contributed by atoms with E-state index >= 15 is 0 Å². The van der Waals surface area contributed by atoms with Crippen LogP contribution >= 0.6 is 0 Å². The lowest BCUT2D eigenvalue weighted by molar-refractivity contribution is 0.480. The third-order valence-electron chi connectivity index (χ3n) is 8.05. The first-order chi connectivity index (χ1) is 19.1. The van der Waals surface area contributed by atoms with Crippen molar-refractivity contribution in [1.29, 1.82) is 0 Å². The van der Waals surface area contributed by atoms with E-state index in [1.807, 2.05) is 41.2 Å². The summed E-state index contributed by atoms with van der Waals surface area (Å²) < 4.78 is 3.89. The summed E-state index contributed by atoms with van der Waals surface area (Å²) in [7, 11) is 0. The lowest BCUT2D eigenvalue weighted by Gasteiger charge is -2.24. The second-order valence-corrected chi connectivity index (χ2v) is 10.9. The van der Waals surface area contributed by atoms with Gasteiger partial charge in [-0.3, -0.25) is 14.0 Å². The molecule has 1 saturated carbocycles. The molecule has 39 heavy (non-hydrogen) atoms. The van der Waals surface area contributed by atoms with E-state index in [9.17, 15) is 4.79 Å². The number of benzene rings is 1. The van der Waals surface area contributed by atoms with Gasteiger partial charge in [-0.2, -0.15) is 10.1 Å². The van der Waals surface area contributed by atoms with Crippen LogP contribution in [0.3, 0.4) is 0 Å². The second kappa shape index (κ2) is 11.2. The van der Waals surface area contributed by atoms with E-state index in [4.69, 9.17) is 4.98 Å². The molecule has 204 valence electrons. The first-order valence-electron chi connectivity index (χ1n) is 14.4. The monoisotopic (exact) mass is 526 g/mol. The summed E-state index contributed by atoms with van der Waals surface area (Å²) in [6.45, 7) is 6.81. The van der Waals surface area contributed by atoms with Gasteiger partial charge in [-0.1, -0.05) is 13.8 Å². The molecule has 1 aromatic carbocycles. The van der Waals surface area contributed by atoms with Crippen molar-refractivity contribution < 1.29 is 0 Å². The molecule has 9 nitrogen and oxygen atoms in total. The fourth-order valence-corrected chi connectivity index (χ4v) is 5.68. The zero-order valence-corrected chi connectivity index (χ0v) is 22.9. The van der Waals surface area contributed by atoms with Gasteiger partial charge >= 0.3 is 0 Å². The van der Waals surface area contributed by atoms with Crippen molar-refractivity contribution in [3.05, 3.63) is 70.4 Å². The molecule has 6 rings (SSSR count). The minimum Gasteiger partial charge on any atom is -0.381 e. The molecule has 1 atom stereocenters. The third-order valence-corrected chi connectivity index (χ3v) is 8.05. The van der Waals surface area contributed by atoms with Gasteiger partial charge in [0.05, 0.1) is 18.3 Å². The fraction of sp³-hybridized carbons (Fsp3) is 0.467. The number of rotatable bonds is 10. The Bertz CT molecular complexity index is 1480. The van der Waals surface area contributed by atoms with Gasteiger partial charge in [-0.15, -0.1) is 0 Å². The highest BCUT2D eigenvalue weighted by Gasteiger charge is 2.27. The number of nitrogens with zero attached hydrogens (tertiary/aromatic N) is 5. The molecule has 0 radical (unpaired) electrons. The van der Waals surface area contributed by atoms with Crippen LogP contribution < -0.4 is 21.5 Å². The largest absolute Gasteiger partial charge is 0.381 e. The Hall–Kier alpha value is -3.72. The molecule has 4 heterocycles. The fourth-order valence-electron chi connectivity index (χ4n) is 5.68. The van der Waals surface area contributed by atoms with Gasteiger partial charge in [0.25, 0.3) is 5.56 Å². The number of piperidine rings is 1. The van der Waals surface area contributed by atoms with Gasteiger partial charge in [0, 0.05) is 47.3 Å². The molecule has 9 heteroatoms. The maximum atomic E-state index is 13.9. The molecule has 4 aromatic rings. The highest BCUT2D eigenvalue weighted by molar-refractivity contribution is 5.77. The van der Waals surface area contributed by atoms with E-state index < -0.39 is 0 Å². The molecule has 1 aliphatic carbocycles. The number of hydrogen-bond acceptors (Lipinski definition) is 7. The number of anilines is 3. The van der Waals surface area contributed by atoms with Gasteiger partial charge in [0.15, 0.2) is 0 Å². The predicted molar refractivity (Wildman–Crippen MR) is 156 cm³/mol. The van der Waals surface area contributed by atoms with Crippen molar-refractivity contribution in [3.8, 4) is 0 Å². The molecule has 2 aliphatic rings. The van der Waals surface area contributed by atoms with Crippen molar-refractivity contribution in [2.75, 3.05) is 23.7 Å². The van der Waals surface area contributed by atoms with E-state index in [-0.39, 0.29) is 11.5 Å². The lowest BCUT2D eigenvalue weighted by Crippen LogP contribution is -2.38. The quantitative estimate of drug-likeness (QED) is 0.262. The normalized spacial score (nSPS) is 17.6. The summed E-state index contributed by atoms with van der Waals surface area (Å²) in [4.78, 5) is 23.3. The third kappa shape index (κ3) is 5.54. The predicted octanol–water partition coefficient (Wildman–Crippen LogP) is 5.18. The second-order valence-electron chi connectivity index (χ2n) is 10.9. The average Bonchev–Trinajstić information content (AvgIpc) is 3.71. The van der Waals surface area contributed by atoms with Gasteiger partial charge < -0.3 is 16.0 Å². The van der Waals surface area contributed by atoms with Crippen LogP contribution in [0.1, 0.15) is 75.6 Å². The number of hydrogen-bond donors (Lipinski definition) is 3. The van der Waals surface area contributed by atoms with Crippen molar-refractivity contribution in [2.24, 2.45) is 0 Å². The Morgan fingerprint density at radius 2 is 1.87 bits per heavy atom. The van der Waals surface area contributed by atoms with Crippen molar-refractivity contribution >= 4 is 28.4 Å². The van der Waals surface area contributed by atoms with E-state index in [1.54, 1.807) is 0 Å². The Kier molecular flexibility index (Phi) is 7.32. The molecule has 1 unspecified atom stereocenters. The SMILES string of the molecule is CCC(CC)c1cc2cnc(Nc3ccc(NC4CCCNC4)cc3)nc2n(Cc2ccnn2C2CC2)c1=O. The summed E-state index contributed by atoms with van der Waals surface area (Å²) in [6, 6.07) is 13.1. The summed E-state index contributed by atoms with van der Waals surface area (Å²) >= 11 is 0. The Labute approximate surface area is 229 Å². The van der Waals surface area contributed by atoms with E-state index in [2.05, 4.69) is 56.7 Å². The maximum absolute atomic E-state index is 13.9. The van der Waals surface area contributed by atoms with Crippen molar-refractivity contribution in [3.63, 3.8) is 0 Å². The molecule has 1 aliphatic heterocycles. The molecule has 0 spiro atoms. The summed E-state index contributed by atoms with van der Waals surface area (Å²) in [5.74, 6) is 0.676. The van der Waals surface area contributed by atoms with Gasteiger partial charge in [0.1, 0.15) is 5.65 Å². The van der Waals surface area contributed by atoms with E-state index in [1.165, 1.54) is 12.8 Å². The summed E-state index contributed by atoms with van der Waals surface area (Å²) in [5, 5.41) is 15.8. The van der Waals surface area contributed by atoms with E-state index in [0.29, 0.717) is 30.2 Å². The topological polar surface area (TPSA) is 102 Å². The van der Waals surface area contributed by atoms with Crippen LogP contribution in [0.5, 0.6) is 0 Å². The van der Waals surface area contributed by atoms with Gasteiger partial charge in [0.2, 0.25) is 5.95 Å². The van der Waals surface area contributed by atoms with Crippen LogP contribution in [0.15, 0.2) is 53.6 Å². The average molecular weight is 527 g/mol. The number of fused-ring (bicyclic) bond motifs is 1. The van der Waals surface area contributed by atoms with Gasteiger partial charge in [-0.05, 0) is 87.4 Å². The standard InChI is InChI=1S/C30H38N8O/c1-3-20(4-2)27-16-21-17-32-30(35-23-9-7-22(8-10-23)34-24-6-5-14-31-18-24)36-28(21)37(29(27)39)19-26-13-15-33-38(26)25-11-12-25/h7-10,13,15-17,20,24-25,31,34H,3-6,11-12,14,18-19H2,1-2H3,(H,32,35,36). The molecular formula is C30H38N8O. The first kappa shape index (κ1) is 25.6. The highest BCUT2D eigenvalue weighted by atomic mass is 16.1. The number of pyridine rings is 1. The molecule has 3 N–H and O–H groups in total. The first-order valence-corrected chi connectivity index (χ1v) is 14.4. The Morgan fingerprint density at radius 1 is 1.08 bits per heavy atom. The number of nitrogens with one attached hydrogen (secondary N) is 3. The molecule has 2 fully saturated rings. The van der Waals surface area contributed by atoms with Crippen LogP contribution in [-0.2, 0) is 6.54 Å².